The molecule has 1 fully saturated rings. The first-order valence-electron chi connectivity index (χ1n) is 3.87. The highest BCUT2D eigenvalue weighted by molar-refractivity contribution is 4.80. The van der Waals surface area contributed by atoms with Gasteiger partial charge >= 0.3 is 0 Å². The van der Waals surface area contributed by atoms with Crippen LogP contribution in [-0.2, 0) is 4.74 Å². The second-order valence-corrected chi connectivity index (χ2v) is 2.97. The zero-order valence-corrected chi connectivity index (χ0v) is 6.66. The van der Waals surface area contributed by atoms with Crippen LogP contribution in [0.5, 0.6) is 0 Å². The average molecular weight is 161 g/mol. The summed E-state index contributed by atoms with van der Waals surface area (Å²) in [4.78, 5) is 0. The molecule has 0 aromatic carbocycles. The zero-order chi connectivity index (χ0) is 8.27. The van der Waals surface area contributed by atoms with E-state index in [4.69, 9.17) is 9.84 Å². The Morgan fingerprint density at radius 2 is 2.36 bits per heavy atom. The van der Waals surface area contributed by atoms with Crippen LogP contribution in [0.3, 0.4) is 0 Å². The molecule has 0 amide bonds. The van der Waals surface area contributed by atoms with Gasteiger partial charge in [0.05, 0.1) is 31.5 Å². The van der Waals surface area contributed by atoms with Crippen LogP contribution >= 0.6 is 0 Å². The van der Waals surface area contributed by atoms with Gasteiger partial charge < -0.3 is 20.3 Å². The van der Waals surface area contributed by atoms with E-state index >= 15 is 0 Å². The summed E-state index contributed by atoms with van der Waals surface area (Å²) in [5.41, 5.74) is 0. The number of aliphatic hydroxyl groups is 2. The predicted molar refractivity (Wildman–Crippen MR) is 40.3 cm³/mol. The summed E-state index contributed by atoms with van der Waals surface area (Å²) in [5.74, 6) is 0. The first kappa shape index (κ1) is 8.93. The molecule has 0 aromatic heterocycles. The minimum atomic E-state index is -0.422. The highest BCUT2D eigenvalue weighted by Crippen LogP contribution is 2.04. The van der Waals surface area contributed by atoms with Gasteiger partial charge in [0, 0.05) is 6.54 Å². The lowest BCUT2D eigenvalue weighted by atomic mass is 10.2. The first-order valence-corrected chi connectivity index (χ1v) is 3.87. The molecular formula is C7H15NO3. The molecule has 1 rings (SSSR count). The van der Waals surface area contributed by atoms with Crippen molar-refractivity contribution in [3.63, 3.8) is 0 Å². The van der Waals surface area contributed by atoms with Gasteiger partial charge in [0.1, 0.15) is 0 Å². The van der Waals surface area contributed by atoms with E-state index in [0.29, 0.717) is 19.8 Å². The second kappa shape index (κ2) is 4.01. The van der Waals surface area contributed by atoms with Gasteiger partial charge in [-0.05, 0) is 6.92 Å². The molecule has 0 bridgehead atoms. The van der Waals surface area contributed by atoms with E-state index in [1.54, 1.807) is 6.92 Å². The summed E-state index contributed by atoms with van der Waals surface area (Å²) >= 11 is 0. The van der Waals surface area contributed by atoms with E-state index in [2.05, 4.69) is 5.32 Å². The summed E-state index contributed by atoms with van der Waals surface area (Å²) in [6.45, 7) is 3.14. The van der Waals surface area contributed by atoms with Gasteiger partial charge in [-0.25, -0.2) is 0 Å². The number of hydrogen-bond donors (Lipinski definition) is 3. The van der Waals surface area contributed by atoms with Gasteiger partial charge in [-0.3, -0.25) is 0 Å². The first-order chi connectivity index (χ1) is 5.20. The monoisotopic (exact) mass is 161 g/mol. The Hall–Kier alpha value is -0.160. The lowest BCUT2D eigenvalue weighted by molar-refractivity contribution is 0.119. The maximum atomic E-state index is 9.23. The van der Waals surface area contributed by atoms with Crippen LogP contribution in [0.15, 0.2) is 0 Å². The normalized spacial score (nSPS) is 34.1. The lowest BCUT2D eigenvalue weighted by Crippen LogP contribution is -2.41. The SMILES string of the molecule is CC(O)CNC1COCC1O. The number of rotatable bonds is 3. The van der Waals surface area contributed by atoms with E-state index < -0.39 is 6.10 Å². The molecule has 1 saturated heterocycles. The van der Waals surface area contributed by atoms with E-state index in [0.717, 1.165) is 0 Å². The van der Waals surface area contributed by atoms with Crippen LogP contribution in [0, 0.1) is 0 Å². The largest absolute Gasteiger partial charge is 0.392 e. The number of aliphatic hydroxyl groups excluding tert-OH is 2. The maximum absolute atomic E-state index is 9.23. The Bertz CT molecular complexity index is 118. The third-order valence-electron chi connectivity index (χ3n) is 1.73. The van der Waals surface area contributed by atoms with Gasteiger partial charge in [0.2, 0.25) is 0 Å². The third kappa shape index (κ3) is 2.75. The van der Waals surface area contributed by atoms with Crippen LogP contribution in [0.1, 0.15) is 6.92 Å². The molecule has 0 saturated carbocycles. The van der Waals surface area contributed by atoms with E-state index in [1.165, 1.54) is 0 Å². The highest BCUT2D eigenvalue weighted by Gasteiger charge is 2.25. The van der Waals surface area contributed by atoms with Gasteiger partial charge in [0.15, 0.2) is 0 Å². The topological polar surface area (TPSA) is 61.7 Å². The Morgan fingerprint density at radius 3 is 2.82 bits per heavy atom. The van der Waals surface area contributed by atoms with Crippen molar-refractivity contribution in [1.82, 2.24) is 5.32 Å². The summed E-state index contributed by atoms with van der Waals surface area (Å²) in [6.07, 6.45) is -0.795. The maximum Gasteiger partial charge on any atom is 0.0948 e. The van der Waals surface area contributed by atoms with Crippen molar-refractivity contribution in [1.29, 1.82) is 0 Å². The Kier molecular flexibility index (Phi) is 3.26. The average Bonchev–Trinajstić information content (AvgIpc) is 2.31. The Balaban J connectivity index is 2.15. The second-order valence-electron chi connectivity index (χ2n) is 2.97. The summed E-state index contributed by atoms with van der Waals surface area (Å²) in [6, 6.07) is -0.00963. The molecule has 3 unspecified atom stereocenters. The van der Waals surface area contributed by atoms with Crippen LogP contribution in [-0.4, -0.2) is 48.2 Å². The smallest absolute Gasteiger partial charge is 0.0948 e. The van der Waals surface area contributed by atoms with Crippen LogP contribution < -0.4 is 5.32 Å². The van der Waals surface area contributed by atoms with Crippen molar-refractivity contribution in [2.45, 2.75) is 25.2 Å². The van der Waals surface area contributed by atoms with Crippen LogP contribution in [0.2, 0.25) is 0 Å². The molecule has 66 valence electrons. The highest BCUT2D eigenvalue weighted by atomic mass is 16.5. The molecule has 0 aliphatic carbocycles. The number of ether oxygens (including phenoxy) is 1. The number of nitrogens with one attached hydrogen (secondary N) is 1. The molecule has 0 spiro atoms. The molecule has 4 heteroatoms. The van der Waals surface area contributed by atoms with Gasteiger partial charge in [-0.15, -0.1) is 0 Å². The van der Waals surface area contributed by atoms with E-state index in [-0.39, 0.29) is 12.1 Å². The molecule has 1 aliphatic rings. The number of hydrogen-bond acceptors (Lipinski definition) is 4. The van der Waals surface area contributed by atoms with Crippen molar-refractivity contribution in [2.24, 2.45) is 0 Å². The van der Waals surface area contributed by atoms with Gasteiger partial charge in [-0.1, -0.05) is 0 Å². The molecule has 3 N–H and O–H groups in total. The third-order valence-corrected chi connectivity index (χ3v) is 1.73. The Labute approximate surface area is 66.2 Å². The molecule has 11 heavy (non-hydrogen) atoms. The van der Waals surface area contributed by atoms with Crippen molar-refractivity contribution < 1.29 is 14.9 Å². The molecular weight excluding hydrogens is 146 g/mol. The van der Waals surface area contributed by atoms with Crippen molar-refractivity contribution in [3.05, 3.63) is 0 Å². The van der Waals surface area contributed by atoms with Crippen molar-refractivity contribution in [2.75, 3.05) is 19.8 Å². The van der Waals surface area contributed by atoms with Gasteiger partial charge in [-0.2, -0.15) is 0 Å². The molecule has 4 nitrogen and oxygen atoms in total. The molecule has 1 heterocycles. The fourth-order valence-electron chi connectivity index (χ4n) is 1.06. The van der Waals surface area contributed by atoms with Crippen molar-refractivity contribution in [3.8, 4) is 0 Å². The molecule has 1 aliphatic heterocycles. The molecule has 0 radical (unpaired) electrons. The molecule has 0 aromatic rings. The van der Waals surface area contributed by atoms with Crippen LogP contribution in [0.25, 0.3) is 0 Å². The predicted octanol–water partition coefficient (Wildman–Crippen LogP) is -1.28. The summed E-state index contributed by atoms with van der Waals surface area (Å²) < 4.78 is 5.01. The minimum absolute atomic E-state index is 0.00963. The van der Waals surface area contributed by atoms with E-state index in [9.17, 15) is 5.11 Å². The summed E-state index contributed by atoms with van der Waals surface area (Å²) in [7, 11) is 0. The van der Waals surface area contributed by atoms with Crippen LogP contribution in [0.4, 0.5) is 0 Å². The van der Waals surface area contributed by atoms with Crippen molar-refractivity contribution >= 4 is 0 Å². The Morgan fingerprint density at radius 1 is 1.64 bits per heavy atom. The fourth-order valence-corrected chi connectivity index (χ4v) is 1.06. The van der Waals surface area contributed by atoms with E-state index in [1.807, 2.05) is 0 Å². The standard InChI is InChI=1S/C7H15NO3/c1-5(9)2-8-6-3-11-4-7(6)10/h5-10H,2-4H2,1H3. The summed E-state index contributed by atoms with van der Waals surface area (Å²) in [5, 5.41) is 21.2. The quantitative estimate of drug-likeness (QED) is 0.482. The minimum Gasteiger partial charge on any atom is -0.392 e. The molecule has 3 atom stereocenters. The lowest BCUT2D eigenvalue weighted by Gasteiger charge is -2.15. The van der Waals surface area contributed by atoms with Gasteiger partial charge in [0.25, 0.3) is 0 Å². The zero-order valence-electron chi connectivity index (χ0n) is 6.66. The fraction of sp³-hybridized carbons (Fsp3) is 1.00.